The average Bonchev–Trinajstić information content (AvgIpc) is 2.73. The van der Waals surface area contributed by atoms with Crippen molar-refractivity contribution in [1.29, 1.82) is 0 Å². The van der Waals surface area contributed by atoms with Crippen molar-refractivity contribution in [2.24, 2.45) is 7.05 Å². The van der Waals surface area contributed by atoms with Crippen molar-refractivity contribution in [2.75, 3.05) is 0 Å². The zero-order chi connectivity index (χ0) is 12.3. The predicted molar refractivity (Wildman–Crippen MR) is 60.8 cm³/mol. The van der Waals surface area contributed by atoms with E-state index >= 15 is 0 Å². The first-order valence-corrected chi connectivity index (χ1v) is 4.82. The van der Waals surface area contributed by atoms with Crippen molar-refractivity contribution < 1.29 is 4.92 Å². The Morgan fingerprint density at radius 2 is 2.00 bits per heavy atom. The zero-order valence-electron chi connectivity index (χ0n) is 9.02. The number of nitrogens with zero attached hydrogens (tertiary/aromatic N) is 5. The third-order valence-corrected chi connectivity index (χ3v) is 2.05. The largest absolute Gasteiger partial charge is 0.269 e. The number of benzene rings is 1. The van der Waals surface area contributed by atoms with Gasteiger partial charge in [0.2, 0.25) is 0 Å². The molecule has 7 heteroatoms. The Bertz CT molecular complexity index is 558. The van der Waals surface area contributed by atoms with Crippen molar-refractivity contribution in [3.63, 3.8) is 0 Å². The van der Waals surface area contributed by atoms with E-state index in [9.17, 15) is 10.1 Å². The Labute approximate surface area is 96.5 Å². The van der Waals surface area contributed by atoms with Gasteiger partial charge in [0, 0.05) is 12.1 Å². The normalized spacial score (nSPS) is 10.9. The monoisotopic (exact) mass is 231 g/mol. The molecule has 1 aromatic carbocycles. The Morgan fingerprint density at radius 3 is 2.53 bits per heavy atom. The number of aromatic nitrogens is 4. The molecule has 0 N–H and O–H groups in total. The first-order valence-electron chi connectivity index (χ1n) is 4.82. The molecule has 0 spiro atoms. The lowest BCUT2D eigenvalue weighted by molar-refractivity contribution is -0.384. The Kier molecular flexibility index (Phi) is 2.91. The zero-order valence-corrected chi connectivity index (χ0v) is 9.02. The highest BCUT2D eigenvalue weighted by atomic mass is 16.6. The summed E-state index contributed by atoms with van der Waals surface area (Å²) in [5, 5.41) is 21.9. The highest BCUT2D eigenvalue weighted by Crippen LogP contribution is 2.13. The van der Waals surface area contributed by atoms with Gasteiger partial charge in [-0.1, -0.05) is 6.08 Å². The molecule has 2 rings (SSSR count). The maximum Gasteiger partial charge on any atom is 0.269 e. The molecule has 0 amide bonds. The van der Waals surface area contributed by atoms with Crippen LogP contribution in [0.4, 0.5) is 5.69 Å². The molecule has 17 heavy (non-hydrogen) atoms. The van der Waals surface area contributed by atoms with Crippen molar-refractivity contribution in [3.8, 4) is 0 Å². The Balaban J connectivity index is 2.13. The van der Waals surface area contributed by atoms with E-state index in [1.54, 1.807) is 31.3 Å². The highest BCUT2D eigenvalue weighted by Gasteiger charge is 2.02. The van der Waals surface area contributed by atoms with Crippen LogP contribution in [0.2, 0.25) is 0 Å². The molecule has 0 atom stereocenters. The molecule has 0 aliphatic carbocycles. The van der Waals surface area contributed by atoms with E-state index in [1.165, 1.54) is 16.9 Å². The molecule has 0 saturated carbocycles. The number of hydrogen-bond acceptors (Lipinski definition) is 5. The second-order valence-electron chi connectivity index (χ2n) is 3.32. The lowest BCUT2D eigenvalue weighted by atomic mass is 10.2. The minimum absolute atomic E-state index is 0.0692. The first kappa shape index (κ1) is 10.9. The molecule has 1 aromatic heterocycles. The molecule has 2 aromatic rings. The van der Waals surface area contributed by atoms with E-state index in [-0.39, 0.29) is 5.69 Å². The van der Waals surface area contributed by atoms with Gasteiger partial charge in [-0.2, -0.15) is 4.80 Å². The van der Waals surface area contributed by atoms with Gasteiger partial charge in [-0.15, -0.1) is 10.2 Å². The van der Waals surface area contributed by atoms with Gasteiger partial charge in [0.1, 0.15) is 0 Å². The number of aryl methyl sites for hydroxylation is 1. The standard InChI is InChI=1S/C10H9N5O2/c1-14-12-10(11-13-14)7-4-8-2-5-9(6-3-8)15(16)17/h2-7H,1H3/b7-4+. The second-order valence-corrected chi connectivity index (χ2v) is 3.32. The van der Waals surface area contributed by atoms with Gasteiger partial charge >= 0.3 is 0 Å². The van der Waals surface area contributed by atoms with Crippen LogP contribution in [-0.4, -0.2) is 25.1 Å². The van der Waals surface area contributed by atoms with Gasteiger partial charge in [0.15, 0.2) is 5.82 Å². The van der Waals surface area contributed by atoms with Gasteiger partial charge in [-0.05, 0) is 29.0 Å². The fourth-order valence-electron chi connectivity index (χ4n) is 1.24. The van der Waals surface area contributed by atoms with E-state index < -0.39 is 4.92 Å². The average molecular weight is 231 g/mol. The van der Waals surface area contributed by atoms with Crippen LogP contribution >= 0.6 is 0 Å². The summed E-state index contributed by atoms with van der Waals surface area (Å²) < 4.78 is 0. The summed E-state index contributed by atoms with van der Waals surface area (Å²) in [6.07, 6.45) is 3.45. The minimum atomic E-state index is -0.433. The number of non-ortho nitro benzene ring substituents is 1. The van der Waals surface area contributed by atoms with Gasteiger partial charge in [-0.3, -0.25) is 10.1 Å². The molecule has 0 radical (unpaired) electrons. The summed E-state index contributed by atoms with van der Waals surface area (Å²) in [5.74, 6) is 0.492. The molecule has 1 heterocycles. The number of rotatable bonds is 3. The third-order valence-electron chi connectivity index (χ3n) is 2.05. The van der Waals surface area contributed by atoms with Crippen LogP contribution in [0, 0.1) is 10.1 Å². The van der Waals surface area contributed by atoms with Gasteiger partial charge in [0.05, 0.1) is 12.0 Å². The van der Waals surface area contributed by atoms with E-state index in [4.69, 9.17) is 0 Å². The predicted octanol–water partition coefficient (Wildman–Crippen LogP) is 1.29. The fraction of sp³-hybridized carbons (Fsp3) is 0.100. The van der Waals surface area contributed by atoms with Crippen LogP contribution in [0.3, 0.4) is 0 Å². The van der Waals surface area contributed by atoms with Crippen LogP contribution < -0.4 is 0 Å². The van der Waals surface area contributed by atoms with Crippen molar-refractivity contribution >= 4 is 17.8 Å². The second kappa shape index (κ2) is 4.52. The van der Waals surface area contributed by atoms with E-state index in [0.717, 1.165) is 5.56 Å². The van der Waals surface area contributed by atoms with E-state index in [0.29, 0.717) is 5.82 Å². The number of hydrogen-bond donors (Lipinski definition) is 0. The number of nitro benzene ring substituents is 1. The van der Waals surface area contributed by atoms with Gasteiger partial charge < -0.3 is 0 Å². The maximum atomic E-state index is 10.5. The number of nitro groups is 1. The maximum absolute atomic E-state index is 10.5. The van der Waals surface area contributed by atoms with E-state index in [2.05, 4.69) is 15.4 Å². The SMILES string of the molecule is Cn1nnc(/C=C/c2ccc([N+](=O)[O-])cc2)n1. The van der Waals surface area contributed by atoms with Gasteiger partial charge in [0.25, 0.3) is 5.69 Å². The van der Waals surface area contributed by atoms with Crippen molar-refractivity contribution in [2.45, 2.75) is 0 Å². The molecule has 0 saturated heterocycles. The summed E-state index contributed by atoms with van der Waals surface area (Å²) in [7, 11) is 1.68. The highest BCUT2D eigenvalue weighted by molar-refractivity contribution is 5.66. The smallest absolute Gasteiger partial charge is 0.258 e. The van der Waals surface area contributed by atoms with Gasteiger partial charge in [-0.25, -0.2) is 0 Å². The summed E-state index contributed by atoms with van der Waals surface area (Å²) in [5.41, 5.74) is 0.905. The van der Waals surface area contributed by atoms with Crippen LogP contribution in [0.1, 0.15) is 11.4 Å². The molecule has 0 aliphatic heterocycles. The van der Waals surface area contributed by atoms with Crippen LogP contribution in [0.25, 0.3) is 12.2 Å². The van der Waals surface area contributed by atoms with Crippen molar-refractivity contribution in [3.05, 3.63) is 45.8 Å². The lowest BCUT2D eigenvalue weighted by Gasteiger charge is -1.92. The molecule has 86 valence electrons. The minimum Gasteiger partial charge on any atom is -0.258 e. The van der Waals surface area contributed by atoms with Crippen LogP contribution in [-0.2, 0) is 7.05 Å². The lowest BCUT2D eigenvalue weighted by Crippen LogP contribution is -1.91. The third kappa shape index (κ3) is 2.71. The van der Waals surface area contributed by atoms with Crippen molar-refractivity contribution in [1.82, 2.24) is 20.2 Å². The quantitative estimate of drug-likeness (QED) is 0.586. The molecule has 0 aliphatic rings. The van der Waals surface area contributed by atoms with Crippen LogP contribution in [0.5, 0.6) is 0 Å². The fourth-order valence-corrected chi connectivity index (χ4v) is 1.24. The molecule has 7 nitrogen and oxygen atoms in total. The first-order chi connectivity index (χ1) is 8.15. The van der Waals surface area contributed by atoms with Crippen LogP contribution in [0.15, 0.2) is 24.3 Å². The summed E-state index contributed by atoms with van der Waals surface area (Å²) >= 11 is 0. The summed E-state index contributed by atoms with van der Waals surface area (Å²) in [6, 6.07) is 6.21. The molecular formula is C10H9N5O2. The summed E-state index contributed by atoms with van der Waals surface area (Å²) in [6.45, 7) is 0. The number of tetrazole rings is 1. The molecular weight excluding hydrogens is 222 g/mol. The molecule has 0 fully saturated rings. The Morgan fingerprint density at radius 1 is 1.29 bits per heavy atom. The van der Waals surface area contributed by atoms with E-state index in [1.807, 2.05) is 0 Å². The Hall–Kier alpha value is -2.57. The summed E-state index contributed by atoms with van der Waals surface area (Å²) in [4.78, 5) is 11.4. The molecule has 0 bridgehead atoms. The topological polar surface area (TPSA) is 86.7 Å². The molecule has 0 unspecified atom stereocenters.